The number of aromatic nitrogens is 1. The Morgan fingerprint density at radius 2 is 1.80 bits per heavy atom. The van der Waals surface area contributed by atoms with Crippen molar-refractivity contribution < 1.29 is 14.3 Å². The highest BCUT2D eigenvalue weighted by Gasteiger charge is 2.33. The van der Waals surface area contributed by atoms with Gasteiger partial charge in [0.15, 0.2) is 4.80 Å². The van der Waals surface area contributed by atoms with Crippen LogP contribution in [0.25, 0.3) is 6.08 Å². The van der Waals surface area contributed by atoms with E-state index >= 15 is 0 Å². The van der Waals surface area contributed by atoms with Crippen LogP contribution in [-0.4, -0.2) is 17.1 Å². The summed E-state index contributed by atoms with van der Waals surface area (Å²) < 4.78 is 13.5. The van der Waals surface area contributed by atoms with E-state index in [0.717, 1.165) is 22.3 Å². The van der Waals surface area contributed by atoms with Gasteiger partial charge >= 0.3 is 5.97 Å². The first-order valence-electron chi connectivity index (χ1n) is 12.7. The minimum atomic E-state index is -0.654. The molecule has 2 heterocycles. The number of carbonyl (C=O) groups is 1. The molecule has 204 valence electrons. The molecule has 6 nitrogen and oxygen atoms in total. The summed E-state index contributed by atoms with van der Waals surface area (Å²) in [6.45, 7) is 6.02. The molecule has 0 bridgehead atoms. The number of hydrogen-bond acceptors (Lipinski definition) is 6. The predicted octanol–water partition coefficient (Wildman–Crippen LogP) is 5.99. The van der Waals surface area contributed by atoms with Gasteiger partial charge in [0.2, 0.25) is 0 Å². The average molecular weight is 594 g/mol. The summed E-state index contributed by atoms with van der Waals surface area (Å²) in [5.74, 6) is 0.127. The van der Waals surface area contributed by atoms with Crippen LogP contribution in [0.15, 0.2) is 87.8 Å². The van der Waals surface area contributed by atoms with Crippen molar-refractivity contribution in [1.82, 2.24) is 4.57 Å². The van der Waals surface area contributed by atoms with Gasteiger partial charge < -0.3 is 9.47 Å². The molecule has 0 radical (unpaired) electrons. The van der Waals surface area contributed by atoms with Crippen LogP contribution in [-0.2, 0) is 16.1 Å². The lowest BCUT2D eigenvalue weighted by Gasteiger charge is -2.24. The number of benzene rings is 3. The zero-order chi connectivity index (χ0) is 28.4. The van der Waals surface area contributed by atoms with E-state index in [4.69, 9.17) is 32.7 Å². The summed E-state index contributed by atoms with van der Waals surface area (Å²) in [5.41, 5.74) is 4.12. The van der Waals surface area contributed by atoms with Crippen molar-refractivity contribution in [3.8, 4) is 5.75 Å². The Labute approximate surface area is 245 Å². The van der Waals surface area contributed by atoms with Crippen LogP contribution < -0.4 is 19.6 Å². The maximum Gasteiger partial charge on any atom is 0.338 e. The summed E-state index contributed by atoms with van der Waals surface area (Å²) in [7, 11) is 0. The van der Waals surface area contributed by atoms with E-state index in [9.17, 15) is 9.59 Å². The molecule has 0 amide bonds. The molecule has 0 unspecified atom stereocenters. The van der Waals surface area contributed by atoms with Gasteiger partial charge in [-0.25, -0.2) is 9.79 Å². The Morgan fingerprint density at radius 1 is 1.05 bits per heavy atom. The highest BCUT2D eigenvalue weighted by Crippen LogP contribution is 2.31. The van der Waals surface area contributed by atoms with Gasteiger partial charge in [0, 0.05) is 5.56 Å². The summed E-state index contributed by atoms with van der Waals surface area (Å²) >= 11 is 13.5. The number of aryl methyl sites for hydroxylation is 1. The number of ether oxygens (including phenoxy) is 2. The second kappa shape index (κ2) is 11.8. The number of thiazole rings is 1. The third kappa shape index (κ3) is 5.63. The third-order valence-corrected chi connectivity index (χ3v) is 8.22. The number of halogens is 2. The first-order valence-corrected chi connectivity index (χ1v) is 14.3. The van der Waals surface area contributed by atoms with E-state index < -0.39 is 12.0 Å². The molecule has 4 aromatic rings. The highest BCUT2D eigenvalue weighted by molar-refractivity contribution is 7.07. The molecule has 3 aromatic carbocycles. The molecule has 40 heavy (non-hydrogen) atoms. The van der Waals surface area contributed by atoms with Crippen LogP contribution in [0.3, 0.4) is 0 Å². The summed E-state index contributed by atoms with van der Waals surface area (Å²) in [4.78, 5) is 32.1. The molecular weight excluding hydrogens is 567 g/mol. The zero-order valence-corrected chi connectivity index (χ0v) is 24.4. The molecule has 1 aromatic heterocycles. The van der Waals surface area contributed by atoms with Gasteiger partial charge in [-0.1, -0.05) is 88.6 Å². The molecule has 0 saturated heterocycles. The molecule has 1 aliphatic heterocycles. The van der Waals surface area contributed by atoms with Crippen molar-refractivity contribution in [3.05, 3.63) is 130 Å². The molecular formula is C31H26Cl2N2O4S. The van der Waals surface area contributed by atoms with Gasteiger partial charge in [-0.05, 0) is 56.2 Å². The standard InChI is InChI=1S/C31H26Cl2N2O4S/c1-4-38-30(37)27-19(3)34-31-35(28(27)21-12-9-18(2)10-13-21)29(36)26(40-31)16-22-7-5-6-8-25(22)39-17-20-11-14-23(32)24(33)15-20/h5-16,28H,4,17H2,1-3H3/b26-16+/t28-/m0/s1. The molecule has 0 N–H and O–H groups in total. The Hall–Kier alpha value is -3.65. The van der Waals surface area contributed by atoms with E-state index in [0.29, 0.717) is 36.4 Å². The number of rotatable bonds is 7. The van der Waals surface area contributed by atoms with Crippen molar-refractivity contribution in [2.24, 2.45) is 4.99 Å². The normalized spacial score (nSPS) is 15.0. The Morgan fingerprint density at radius 3 is 2.52 bits per heavy atom. The van der Waals surface area contributed by atoms with E-state index in [1.807, 2.05) is 61.5 Å². The van der Waals surface area contributed by atoms with E-state index in [-0.39, 0.29) is 18.8 Å². The van der Waals surface area contributed by atoms with Gasteiger partial charge in [-0.15, -0.1) is 0 Å². The maximum absolute atomic E-state index is 13.9. The van der Waals surface area contributed by atoms with E-state index in [2.05, 4.69) is 4.99 Å². The Kier molecular flexibility index (Phi) is 8.26. The molecule has 0 fully saturated rings. The number of hydrogen-bond donors (Lipinski definition) is 0. The van der Waals surface area contributed by atoms with Gasteiger partial charge in [0.05, 0.1) is 38.5 Å². The second-order valence-corrected chi connectivity index (χ2v) is 11.1. The van der Waals surface area contributed by atoms with Crippen LogP contribution in [0, 0.1) is 6.92 Å². The first-order chi connectivity index (χ1) is 19.3. The van der Waals surface area contributed by atoms with Gasteiger partial charge in [-0.2, -0.15) is 0 Å². The lowest BCUT2D eigenvalue weighted by atomic mass is 9.95. The fourth-order valence-corrected chi connectivity index (χ4v) is 5.88. The Balaban J connectivity index is 1.58. The fourth-order valence-electron chi connectivity index (χ4n) is 4.52. The first kappa shape index (κ1) is 27.9. The van der Waals surface area contributed by atoms with Crippen molar-refractivity contribution in [1.29, 1.82) is 0 Å². The monoisotopic (exact) mass is 592 g/mol. The quantitative estimate of drug-likeness (QED) is 0.247. The minimum Gasteiger partial charge on any atom is -0.488 e. The summed E-state index contributed by atoms with van der Waals surface area (Å²) in [6.07, 6.45) is 1.80. The Bertz CT molecular complexity index is 1810. The highest BCUT2D eigenvalue weighted by atomic mass is 35.5. The van der Waals surface area contributed by atoms with Crippen molar-refractivity contribution >= 4 is 46.6 Å². The molecule has 9 heteroatoms. The number of esters is 1. The van der Waals surface area contributed by atoms with E-state index in [1.165, 1.54) is 11.3 Å². The van der Waals surface area contributed by atoms with Crippen LogP contribution >= 0.6 is 34.5 Å². The van der Waals surface area contributed by atoms with Crippen molar-refractivity contribution in [2.45, 2.75) is 33.4 Å². The molecule has 5 rings (SSSR count). The number of allylic oxidation sites excluding steroid dienone is 1. The topological polar surface area (TPSA) is 69.9 Å². The van der Waals surface area contributed by atoms with E-state index in [1.54, 1.807) is 36.6 Å². The maximum atomic E-state index is 13.9. The number of nitrogens with zero attached hydrogens (tertiary/aromatic N) is 2. The van der Waals surface area contributed by atoms with Crippen LogP contribution in [0.5, 0.6) is 5.75 Å². The molecule has 0 spiro atoms. The molecule has 0 aliphatic carbocycles. The number of fused-ring (bicyclic) bond motifs is 1. The minimum absolute atomic E-state index is 0.222. The molecule has 1 atom stereocenters. The average Bonchev–Trinajstić information content (AvgIpc) is 3.24. The van der Waals surface area contributed by atoms with Crippen molar-refractivity contribution in [2.75, 3.05) is 6.61 Å². The third-order valence-electron chi connectivity index (χ3n) is 6.49. The second-order valence-electron chi connectivity index (χ2n) is 9.29. The fraction of sp³-hybridized carbons (Fsp3) is 0.194. The number of carbonyl (C=O) groups excluding carboxylic acids is 1. The summed E-state index contributed by atoms with van der Waals surface area (Å²) in [5, 5.41) is 0.934. The van der Waals surface area contributed by atoms with Crippen LogP contribution in [0.1, 0.15) is 42.1 Å². The molecule has 1 aliphatic rings. The lowest BCUT2D eigenvalue weighted by molar-refractivity contribution is -0.139. The van der Waals surface area contributed by atoms with Gasteiger partial charge in [0.1, 0.15) is 12.4 Å². The van der Waals surface area contributed by atoms with Crippen molar-refractivity contribution in [3.63, 3.8) is 0 Å². The van der Waals surface area contributed by atoms with Crippen LogP contribution in [0.4, 0.5) is 0 Å². The zero-order valence-electron chi connectivity index (χ0n) is 22.1. The lowest BCUT2D eigenvalue weighted by Crippen LogP contribution is -2.39. The smallest absolute Gasteiger partial charge is 0.338 e. The van der Waals surface area contributed by atoms with Crippen LogP contribution in [0.2, 0.25) is 10.0 Å². The SMILES string of the molecule is CCOC(=O)C1=C(C)N=c2s/c(=C/c3ccccc3OCc3ccc(Cl)c(Cl)c3)c(=O)n2[C@H]1c1ccc(C)cc1. The van der Waals surface area contributed by atoms with Gasteiger partial charge in [-0.3, -0.25) is 9.36 Å². The molecule has 0 saturated carbocycles. The largest absolute Gasteiger partial charge is 0.488 e. The van der Waals surface area contributed by atoms with Gasteiger partial charge in [0.25, 0.3) is 5.56 Å². The number of para-hydroxylation sites is 1. The predicted molar refractivity (Wildman–Crippen MR) is 159 cm³/mol. The summed E-state index contributed by atoms with van der Waals surface area (Å²) in [6, 6.07) is 20.0.